The number of anilines is 8. The average molecular weight is 968 g/mol. The third-order valence-electron chi connectivity index (χ3n) is 7.42. The van der Waals surface area contributed by atoms with E-state index in [0.717, 1.165) is 12.1 Å². The molecule has 33 heteroatoms. The van der Waals surface area contributed by atoms with Crippen molar-refractivity contribution in [1.82, 2.24) is 29.9 Å². The van der Waals surface area contributed by atoms with E-state index in [4.69, 9.17) is 19.3 Å². The number of benzene rings is 2. The minimum atomic E-state index is -4.98. The Morgan fingerprint density at radius 1 is 0.548 bits per heavy atom. The molecule has 339 valence electrons. The highest BCUT2D eigenvalue weighted by Crippen LogP contribution is 2.23. The van der Waals surface area contributed by atoms with Crippen LogP contribution in [-0.2, 0) is 40.5 Å². The highest BCUT2D eigenvalue weighted by Gasteiger charge is 2.20. The molecule has 2 aromatic carbocycles. The zero-order chi connectivity index (χ0) is 45.9. The molecule has 0 saturated carbocycles. The summed E-state index contributed by atoms with van der Waals surface area (Å²) in [5.41, 5.74) is 1.10. The van der Waals surface area contributed by atoms with Crippen molar-refractivity contribution in [2.75, 3.05) is 82.8 Å². The van der Waals surface area contributed by atoms with Gasteiger partial charge in [-0.25, -0.2) is 0 Å². The zero-order valence-corrected chi connectivity index (χ0v) is 35.8. The fourth-order valence-corrected chi connectivity index (χ4v) is 8.28. The van der Waals surface area contributed by atoms with Crippen molar-refractivity contribution in [3.63, 3.8) is 0 Å². The predicted molar refractivity (Wildman–Crippen MR) is 222 cm³/mol. The van der Waals surface area contributed by atoms with Crippen LogP contribution in [-0.4, -0.2) is 180 Å². The van der Waals surface area contributed by atoms with Crippen molar-refractivity contribution in [3.05, 3.63) is 42.0 Å². The van der Waals surface area contributed by atoms with Gasteiger partial charge in [0, 0.05) is 37.6 Å². The molecule has 62 heavy (non-hydrogen) atoms. The highest BCUT2D eigenvalue weighted by molar-refractivity contribution is 7.86. The molecular weight excluding hydrogens is 929 g/mol. The molecule has 0 amide bonds. The van der Waals surface area contributed by atoms with Gasteiger partial charge >= 0.3 is 0 Å². The molecule has 0 aliphatic heterocycles. The maximum absolute atomic E-state index is 12.6. The maximum Gasteiger partial charge on any atom is 0.295 e. The SMILES string of the molecule is O=S(=O)(O)CCNc1nc(NCC(O)CO)nc(Nc2ccc(C=[Si]c3ccc(Nc4nc(NCCS(=O)(=O)O)nc(NCC(O)CO)n4)cc3S(=O)(=O)O)c(S(=O)(=O)O)c2)n1. The summed E-state index contributed by atoms with van der Waals surface area (Å²) in [6, 6.07) is 7.14. The summed E-state index contributed by atoms with van der Waals surface area (Å²) in [6.45, 7) is -2.39. The van der Waals surface area contributed by atoms with Gasteiger partial charge in [-0.1, -0.05) is 17.8 Å². The summed E-state index contributed by atoms with van der Waals surface area (Å²) in [5.74, 6) is -2.82. The van der Waals surface area contributed by atoms with E-state index in [1.807, 2.05) is 0 Å². The molecule has 28 nitrogen and oxygen atoms in total. The van der Waals surface area contributed by atoms with E-state index in [2.05, 4.69) is 61.8 Å². The highest BCUT2D eigenvalue weighted by atomic mass is 32.2. The Balaban J connectivity index is 1.64. The zero-order valence-electron chi connectivity index (χ0n) is 31.5. The van der Waals surface area contributed by atoms with E-state index in [0.29, 0.717) is 0 Å². The summed E-state index contributed by atoms with van der Waals surface area (Å²) >= 11 is 0. The van der Waals surface area contributed by atoms with Crippen LogP contribution in [0, 0.1) is 0 Å². The van der Waals surface area contributed by atoms with Gasteiger partial charge in [-0.2, -0.15) is 63.6 Å². The van der Waals surface area contributed by atoms with Crippen LogP contribution < -0.4 is 37.1 Å². The minimum Gasteiger partial charge on any atom is -0.394 e. The van der Waals surface area contributed by atoms with E-state index in [1.54, 1.807) is 0 Å². The molecular formula is C29H39N12O16S4Si. The fourth-order valence-electron chi connectivity index (χ4n) is 4.61. The van der Waals surface area contributed by atoms with Crippen LogP contribution >= 0.6 is 0 Å². The molecule has 4 aromatic rings. The summed E-state index contributed by atoms with van der Waals surface area (Å²) < 4.78 is 133. The Hall–Kier alpha value is -5.17. The number of hydrogen-bond acceptors (Lipinski definition) is 24. The Morgan fingerprint density at radius 2 is 0.935 bits per heavy atom. The number of rotatable bonds is 24. The first-order valence-electron chi connectivity index (χ1n) is 17.2. The number of hydrogen-bond donors (Lipinski definition) is 14. The number of nitrogens with one attached hydrogen (secondary N) is 6. The van der Waals surface area contributed by atoms with E-state index in [-0.39, 0.29) is 84.0 Å². The standard InChI is InChI=1S/C29H39N12O16S4Si/c42-13-19(44)11-32-26-36-24(30-5-7-58(46,47)48)38-28(40-26)34-17-2-1-16(21(9-17)60(52,53)54)15-62-23-4-3-18(10-22(23)61(55,56)57)35-29-39-25(31-6-8-59(49,50)51)37-27(41-29)33-12-20(45)14-43/h1-4,9-10,15,19-20,42-45H,5-8,11-14H2,(H,46,47,48)(H,49,50,51)(H,52,53,54)(H,55,56,57)(H3,30,32,34,36,38,40)(H3,31,33,35,37,39,41). The van der Waals surface area contributed by atoms with Crippen molar-refractivity contribution in [2.24, 2.45) is 0 Å². The molecule has 0 fully saturated rings. The number of aliphatic hydroxyl groups excluding tert-OH is 4. The fraction of sp³-hybridized carbons (Fsp3) is 0.345. The molecule has 2 aromatic heterocycles. The molecule has 2 unspecified atom stereocenters. The normalized spacial score (nSPS) is 13.4. The van der Waals surface area contributed by atoms with Gasteiger partial charge in [0.25, 0.3) is 40.5 Å². The third kappa shape index (κ3) is 16.6. The lowest BCUT2D eigenvalue weighted by Crippen LogP contribution is -2.24. The Morgan fingerprint density at radius 3 is 1.34 bits per heavy atom. The molecule has 0 spiro atoms. The largest absolute Gasteiger partial charge is 0.394 e. The van der Waals surface area contributed by atoms with E-state index in [9.17, 15) is 53.0 Å². The quantitative estimate of drug-likeness (QED) is 0.0238. The first-order chi connectivity index (χ1) is 28.9. The Labute approximate surface area is 355 Å². The topological polar surface area (TPSA) is 448 Å². The van der Waals surface area contributed by atoms with Crippen LogP contribution in [0.2, 0.25) is 0 Å². The number of aromatic nitrogens is 6. The van der Waals surface area contributed by atoms with Gasteiger partial charge in [0.2, 0.25) is 35.7 Å². The molecule has 0 bridgehead atoms. The second-order valence-corrected chi connectivity index (χ2v) is 19.5. The molecule has 0 aliphatic rings. The molecule has 0 saturated heterocycles. The molecule has 2 atom stereocenters. The Kier molecular flexibility index (Phi) is 17.0. The van der Waals surface area contributed by atoms with Crippen LogP contribution in [0.4, 0.5) is 47.1 Å². The third-order valence-corrected chi connectivity index (χ3v) is 12.0. The molecule has 1 radical (unpaired) electrons. The summed E-state index contributed by atoms with van der Waals surface area (Å²) in [7, 11) is -19.3. The van der Waals surface area contributed by atoms with E-state index in [1.165, 1.54) is 29.9 Å². The first kappa shape index (κ1) is 49.5. The molecule has 0 aliphatic carbocycles. The van der Waals surface area contributed by atoms with Crippen LogP contribution in [0.15, 0.2) is 46.2 Å². The predicted octanol–water partition coefficient (Wildman–Crippen LogP) is -3.65. The summed E-state index contributed by atoms with van der Waals surface area (Å²) in [5, 5.41) is 53.4. The monoisotopic (exact) mass is 967 g/mol. The number of nitrogens with zero attached hydrogens (tertiary/aromatic N) is 6. The van der Waals surface area contributed by atoms with Crippen LogP contribution in [0.25, 0.3) is 0 Å². The maximum atomic E-state index is 12.6. The molecule has 14 N–H and O–H groups in total. The lowest BCUT2D eigenvalue weighted by molar-refractivity contribution is 0.105. The Bertz CT molecular complexity index is 2520. The average Bonchev–Trinajstić information content (AvgIpc) is 3.17. The van der Waals surface area contributed by atoms with Crippen molar-refractivity contribution >= 4 is 108 Å². The van der Waals surface area contributed by atoms with Crippen LogP contribution in [0.1, 0.15) is 5.56 Å². The lowest BCUT2D eigenvalue weighted by Gasteiger charge is -2.13. The van der Waals surface area contributed by atoms with Crippen molar-refractivity contribution in [1.29, 1.82) is 0 Å². The van der Waals surface area contributed by atoms with Gasteiger partial charge in [-0.15, -0.1) is 0 Å². The van der Waals surface area contributed by atoms with Gasteiger partial charge < -0.3 is 52.3 Å². The van der Waals surface area contributed by atoms with Gasteiger partial charge in [-0.3, -0.25) is 18.2 Å². The second kappa shape index (κ2) is 21.3. The van der Waals surface area contributed by atoms with Crippen molar-refractivity contribution in [3.8, 4) is 0 Å². The van der Waals surface area contributed by atoms with Gasteiger partial charge in [0.1, 0.15) is 4.90 Å². The molecule has 4 rings (SSSR count). The van der Waals surface area contributed by atoms with Gasteiger partial charge in [-0.05, 0) is 35.0 Å². The van der Waals surface area contributed by atoms with Crippen LogP contribution in [0.3, 0.4) is 0 Å². The van der Waals surface area contributed by atoms with E-state index < -0.39 is 96.3 Å². The lowest BCUT2D eigenvalue weighted by atomic mass is 10.2. The first-order valence-corrected chi connectivity index (χ1v) is 24.4. The van der Waals surface area contributed by atoms with Gasteiger partial charge in [0.15, 0.2) is 0 Å². The van der Waals surface area contributed by atoms with Crippen LogP contribution in [0.5, 0.6) is 0 Å². The smallest absolute Gasteiger partial charge is 0.295 e. The molecule has 2 heterocycles. The summed E-state index contributed by atoms with van der Waals surface area (Å²) in [4.78, 5) is 23.0. The summed E-state index contributed by atoms with van der Waals surface area (Å²) in [6.07, 6.45) is -2.45. The van der Waals surface area contributed by atoms with Crippen molar-refractivity contribution < 1.29 is 72.3 Å². The van der Waals surface area contributed by atoms with Crippen molar-refractivity contribution in [2.45, 2.75) is 22.0 Å². The van der Waals surface area contributed by atoms with E-state index >= 15 is 0 Å². The van der Waals surface area contributed by atoms with Gasteiger partial charge in [0.05, 0.1) is 51.0 Å². The second-order valence-electron chi connectivity index (χ2n) is 12.4. The number of aliphatic hydroxyl groups is 4. The minimum absolute atomic E-state index is 0.0188.